The fourth-order valence-corrected chi connectivity index (χ4v) is 2.37. The van der Waals surface area contributed by atoms with Gasteiger partial charge >= 0.3 is 0 Å². The lowest BCUT2D eigenvalue weighted by Crippen LogP contribution is -2.41. The second-order valence-electron chi connectivity index (χ2n) is 5.28. The highest BCUT2D eigenvalue weighted by molar-refractivity contribution is 5.96. The van der Waals surface area contributed by atoms with Crippen LogP contribution in [0.15, 0.2) is 35.8 Å². The molecule has 1 rings (SSSR count). The zero-order chi connectivity index (χ0) is 14.4. The predicted octanol–water partition coefficient (Wildman–Crippen LogP) is 2.95. The van der Waals surface area contributed by atoms with Crippen LogP contribution in [0.4, 0.5) is 4.39 Å². The smallest absolute Gasteiger partial charge is 0.251 e. The number of amides is 1. The number of allylic oxidation sites excluding steroid dienone is 3. The minimum absolute atomic E-state index is 0.156. The maximum atomic E-state index is 12.9. The van der Waals surface area contributed by atoms with Crippen LogP contribution >= 0.6 is 0 Å². The molecule has 19 heavy (non-hydrogen) atoms. The van der Waals surface area contributed by atoms with Crippen LogP contribution in [0.3, 0.4) is 0 Å². The van der Waals surface area contributed by atoms with Crippen molar-refractivity contribution in [3.8, 4) is 0 Å². The van der Waals surface area contributed by atoms with Crippen LogP contribution in [-0.4, -0.2) is 11.9 Å². The standard InChI is InChI=1S/C15H23FN2O/c1-10-6-4-5-7-14(10)18-15(19)13(8-11(2)16)9-12(3)17/h8-10,14H,2,4-7,17H2,1,3H3,(H,18,19)/b12-9+,13-8+. The summed E-state index contributed by atoms with van der Waals surface area (Å²) in [5, 5.41) is 2.96. The van der Waals surface area contributed by atoms with Crippen LogP contribution in [0.5, 0.6) is 0 Å². The van der Waals surface area contributed by atoms with Crippen LogP contribution in [0.2, 0.25) is 0 Å². The first-order chi connectivity index (χ1) is 8.90. The SMILES string of the molecule is C=C(F)/C=C(\C=C(/C)N)C(=O)NC1CCCCC1C. The largest absolute Gasteiger partial charge is 0.402 e. The normalized spacial score (nSPS) is 25.0. The highest BCUT2D eigenvalue weighted by Gasteiger charge is 2.23. The van der Waals surface area contributed by atoms with Crippen molar-refractivity contribution in [2.24, 2.45) is 11.7 Å². The van der Waals surface area contributed by atoms with Gasteiger partial charge in [-0.3, -0.25) is 4.79 Å². The minimum atomic E-state index is -0.653. The highest BCUT2D eigenvalue weighted by atomic mass is 19.1. The molecule has 0 aliphatic heterocycles. The third-order valence-electron chi connectivity index (χ3n) is 3.39. The van der Waals surface area contributed by atoms with Crippen molar-refractivity contribution in [1.82, 2.24) is 5.32 Å². The van der Waals surface area contributed by atoms with Crippen LogP contribution in [-0.2, 0) is 4.79 Å². The third kappa shape index (κ3) is 5.28. The van der Waals surface area contributed by atoms with E-state index in [2.05, 4.69) is 18.8 Å². The molecule has 1 amide bonds. The second-order valence-corrected chi connectivity index (χ2v) is 5.28. The van der Waals surface area contributed by atoms with E-state index in [9.17, 15) is 9.18 Å². The molecule has 2 unspecified atom stereocenters. The fourth-order valence-electron chi connectivity index (χ4n) is 2.37. The Kier molecular flexibility index (Phi) is 5.80. The van der Waals surface area contributed by atoms with Crippen molar-refractivity contribution in [2.45, 2.75) is 45.6 Å². The summed E-state index contributed by atoms with van der Waals surface area (Å²) in [5.74, 6) is -0.489. The summed E-state index contributed by atoms with van der Waals surface area (Å²) in [6.07, 6.45) is 7.00. The Bertz CT molecular complexity index is 408. The van der Waals surface area contributed by atoms with E-state index in [1.54, 1.807) is 6.92 Å². The summed E-state index contributed by atoms with van der Waals surface area (Å²) in [7, 11) is 0. The van der Waals surface area contributed by atoms with Gasteiger partial charge in [0.15, 0.2) is 0 Å². The van der Waals surface area contributed by atoms with Crippen molar-refractivity contribution < 1.29 is 9.18 Å². The van der Waals surface area contributed by atoms with E-state index >= 15 is 0 Å². The molecule has 0 saturated heterocycles. The van der Waals surface area contributed by atoms with Crippen molar-refractivity contribution in [2.75, 3.05) is 0 Å². The molecule has 1 aliphatic rings. The topological polar surface area (TPSA) is 55.1 Å². The van der Waals surface area contributed by atoms with Gasteiger partial charge in [0, 0.05) is 17.3 Å². The summed E-state index contributed by atoms with van der Waals surface area (Å²) >= 11 is 0. The third-order valence-corrected chi connectivity index (χ3v) is 3.39. The molecular formula is C15H23FN2O. The summed E-state index contributed by atoms with van der Waals surface area (Å²) in [6, 6.07) is 0.156. The average molecular weight is 266 g/mol. The van der Waals surface area contributed by atoms with Gasteiger partial charge < -0.3 is 11.1 Å². The van der Waals surface area contributed by atoms with Gasteiger partial charge in [-0.2, -0.15) is 0 Å². The Morgan fingerprint density at radius 3 is 2.53 bits per heavy atom. The highest BCUT2D eigenvalue weighted by Crippen LogP contribution is 2.24. The second kappa shape index (κ2) is 7.12. The molecule has 106 valence electrons. The molecule has 0 bridgehead atoms. The van der Waals surface area contributed by atoms with Crippen molar-refractivity contribution >= 4 is 5.91 Å². The quantitative estimate of drug-likeness (QED) is 0.607. The Hall–Kier alpha value is -1.58. The Morgan fingerprint density at radius 2 is 2.00 bits per heavy atom. The van der Waals surface area contributed by atoms with Crippen molar-refractivity contribution in [3.05, 3.63) is 35.8 Å². The molecule has 0 heterocycles. The minimum Gasteiger partial charge on any atom is -0.402 e. The van der Waals surface area contributed by atoms with E-state index in [0.29, 0.717) is 11.6 Å². The zero-order valence-corrected chi connectivity index (χ0v) is 11.7. The molecule has 0 aromatic carbocycles. The number of halogens is 1. The molecule has 0 radical (unpaired) electrons. The van der Waals surface area contributed by atoms with Gasteiger partial charge in [-0.15, -0.1) is 0 Å². The molecule has 1 aliphatic carbocycles. The lowest BCUT2D eigenvalue weighted by molar-refractivity contribution is -0.118. The maximum absolute atomic E-state index is 12.9. The summed E-state index contributed by atoms with van der Waals surface area (Å²) in [4.78, 5) is 12.1. The molecule has 4 heteroatoms. The molecule has 0 aromatic rings. The molecular weight excluding hydrogens is 243 g/mol. The molecule has 1 fully saturated rings. The number of nitrogens with two attached hydrogens (primary N) is 1. The van der Waals surface area contributed by atoms with Gasteiger partial charge in [0.1, 0.15) is 5.83 Å². The maximum Gasteiger partial charge on any atom is 0.251 e. The molecule has 3 nitrogen and oxygen atoms in total. The van der Waals surface area contributed by atoms with E-state index in [-0.39, 0.29) is 17.5 Å². The monoisotopic (exact) mass is 266 g/mol. The molecule has 0 aromatic heterocycles. The summed E-state index contributed by atoms with van der Waals surface area (Å²) < 4.78 is 12.9. The van der Waals surface area contributed by atoms with E-state index < -0.39 is 5.83 Å². The van der Waals surface area contributed by atoms with Gasteiger partial charge in [-0.05, 0) is 37.8 Å². The Labute approximate surface area is 114 Å². The first kappa shape index (κ1) is 15.5. The van der Waals surface area contributed by atoms with Crippen molar-refractivity contribution in [1.29, 1.82) is 0 Å². The van der Waals surface area contributed by atoms with Gasteiger partial charge in [-0.1, -0.05) is 26.3 Å². The predicted molar refractivity (Wildman–Crippen MR) is 75.8 cm³/mol. The first-order valence-corrected chi connectivity index (χ1v) is 6.71. The summed E-state index contributed by atoms with van der Waals surface area (Å²) in [6.45, 7) is 6.94. The number of nitrogens with one attached hydrogen (secondary N) is 1. The number of hydrogen-bond acceptors (Lipinski definition) is 2. The van der Waals surface area contributed by atoms with E-state index in [4.69, 9.17) is 5.73 Å². The molecule has 0 spiro atoms. The van der Waals surface area contributed by atoms with Crippen LogP contribution in [0.25, 0.3) is 0 Å². The molecule has 2 atom stereocenters. The van der Waals surface area contributed by atoms with E-state index in [1.165, 1.54) is 12.5 Å². The van der Waals surface area contributed by atoms with Gasteiger partial charge in [-0.25, -0.2) is 4.39 Å². The average Bonchev–Trinajstić information content (AvgIpc) is 2.30. The number of carbonyl (C=O) groups excluding carboxylic acids is 1. The summed E-state index contributed by atoms with van der Waals surface area (Å²) in [5.41, 5.74) is 6.23. The van der Waals surface area contributed by atoms with Crippen molar-refractivity contribution in [3.63, 3.8) is 0 Å². The van der Waals surface area contributed by atoms with Gasteiger partial charge in [0.25, 0.3) is 5.91 Å². The Morgan fingerprint density at radius 1 is 1.37 bits per heavy atom. The van der Waals surface area contributed by atoms with Gasteiger partial charge in [0.05, 0.1) is 0 Å². The zero-order valence-electron chi connectivity index (χ0n) is 11.7. The van der Waals surface area contributed by atoms with E-state index in [1.807, 2.05) is 0 Å². The lowest BCUT2D eigenvalue weighted by atomic mass is 9.86. The number of carbonyl (C=O) groups is 1. The van der Waals surface area contributed by atoms with Gasteiger partial charge in [0.2, 0.25) is 0 Å². The van der Waals surface area contributed by atoms with Crippen LogP contribution in [0.1, 0.15) is 39.5 Å². The number of hydrogen-bond donors (Lipinski definition) is 2. The number of rotatable bonds is 4. The lowest BCUT2D eigenvalue weighted by Gasteiger charge is -2.29. The van der Waals surface area contributed by atoms with Crippen LogP contribution in [0, 0.1) is 5.92 Å². The van der Waals surface area contributed by atoms with E-state index in [0.717, 1.165) is 25.3 Å². The first-order valence-electron chi connectivity index (χ1n) is 6.71. The Balaban J connectivity index is 2.77. The molecule has 1 saturated carbocycles. The molecule has 3 N–H and O–H groups in total. The van der Waals surface area contributed by atoms with Crippen LogP contribution < -0.4 is 11.1 Å². The fraction of sp³-hybridized carbons (Fsp3) is 0.533.